The van der Waals surface area contributed by atoms with Gasteiger partial charge in [-0.3, -0.25) is 19.4 Å². The minimum atomic E-state index is -0.928. The molecule has 1 heterocycles. The van der Waals surface area contributed by atoms with Crippen LogP contribution in [0.1, 0.15) is 36.0 Å². The van der Waals surface area contributed by atoms with Gasteiger partial charge in [0.1, 0.15) is 17.8 Å². The molecule has 0 saturated carbocycles. The fourth-order valence-corrected chi connectivity index (χ4v) is 3.96. The van der Waals surface area contributed by atoms with Crippen LogP contribution in [0.3, 0.4) is 0 Å². The molecule has 2 aromatic carbocycles. The zero-order valence-electron chi connectivity index (χ0n) is 18.1. The van der Waals surface area contributed by atoms with Crippen LogP contribution in [0.25, 0.3) is 10.8 Å². The van der Waals surface area contributed by atoms with E-state index in [1.165, 1.54) is 11.0 Å². The third kappa shape index (κ3) is 6.04. The fourth-order valence-electron chi connectivity index (χ4n) is 3.96. The van der Waals surface area contributed by atoms with Crippen molar-refractivity contribution in [2.45, 2.75) is 37.8 Å². The number of nitrogens with one attached hydrogen (secondary N) is 1. The van der Waals surface area contributed by atoms with E-state index in [0.717, 1.165) is 5.39 Å². The number of carbonyl (C=O) groups excluding carboxylic acids is 3. The quantitative estimate of drug-likeness (QED) is 0.211. The van der Waals surface area contributed by atoms with Gasteiger partial charge in [-0.1, -0.05) is 30.3 Å². The Bertz CT molecular complexity index is 1060. The molecule has 0 aliphatic carbocycles. The van der Waals surface area contributed by atoms with Gasteiger partial charge in [-0.25, -0.2) is 0 Å². The molecule has 1 saturated heterocycles. The van der Waals surface area contributed by atoms with E-state index in [1.807, 2.05) is 12.1 Å². The Morgan fingerprint density at radius 1 is 1.15 bits per heavy atom. The van der Waals surface area contributed by atoms with Crippen molar-refractivity contribution in [2.24, 2.45) is 22.2 Å². The zero-order chi connectivity index (χ0) is 23.3. The number of benzene rings is 2. The van der Waals surface area contributed by atoms with Gasteiger partial charge in [-0.05, 0) is 37.1 Å². The van der Waals surface area contributed by atoms with Crippen LogP contribution in [0.15, 0.2) is 41.4 Å². The summed E-state index contributed by atoms with van der Waals surface area (Å²) in [5.74, 6) is -1.80. The number of rotatable bonds is 8. The van der Waals surface area contributed by atoms with Crippen molar-refractivity contribution in [1.29, 1.82) is 0 Å². The lowest BCUT2D eigenvalue weighted by atomic mass is 10.0. The molecule has 2 unspecified atom stereocenters. The van der Waals surface area contributed by atoms with Crippen molar-refractivity contribution in [3.8, 4) is 5.75 Å². The number of hydrogen-bond donors (Lipinski definition) is 5. The number of likely N-dealkylation sites (tertiary alicyclic amines) is 1. The Kier molecular flexibility index (Phi) is 8.86. The average molecular weight is 477 g/mol. The second-order valence-corrected chi connectivity index (χ2v) is 7.75. The number of nitrogens with two attached hydrogens (primary N) is 3. The minimum absolute atomic E-state index is 0. The van der Waals surface area contributed by atoms with Crippen LogP contribution in [0.2, 0.25) is 0 Å². The summed E-state index contributed by atoms with van der Waals surface area (Å²) in [6.45, 7) is 0.663. The highest BCUT2D eigenvalue weighted by atomic mass is 35.5. The van der Waals surface area contributed by atoms with Gasteiger partial charge in [-0.2, -0.15) is 0 Å². The van der Waals surface area contributed by atoms with E-state index in [-0.39, 0.29) is 42.6 Å². The highest BCUT2D eigenvalue weighted by molar-refractivity contribution is 6.05. The zero-order valence-corrected chi connectivity index (χ0v) is 18.9. The summed E-state index contributed by atoms with van der Waals surface area (Å²) in [6.07, 6.45) is 1.81. The van der Waals surface area contributed by atoms with E-state index < -0.39 is 29.8 Å². The number of hydrogen-bond acceptors (Lipinski definition) is 5. The largest absolute Gasteiger partial charge is 0.506 e. The molecule has 1 aliphatic rings. The highest BCUT2D eigenvalue weighted by Crippen LogP contribution is 2.28. The second kappa shape index (κ2) is 11.4. The van der Waals surface area contributed by atoms with E-state index in [0.29, 0.717) is 31.2 Å². The van der Waals surface area contributed by atoms with Crippen LogP contribution >= 0.6 is 12.4 Å². The van der Waals surface area contributed by atoms with Gasteiger partial charge in [0.05, 0.1) is 5.56 Å². The molecule has 10 nitrogen and oxygen atoms in total. The smallest absolute Gasteiger partial charge is 0.255 e. The van der Waals surface area contributed by atoms with Crippen LogP contribution in [0.4, 0.5) is 0 Å². The maximum atomic E-state index is 13.2. The van der Waals surface area contributed by atoms with Crippen molar-refractivity contribution in [3.63, 3.8) is 0 Å². The minimum Gasteiger partial charge on any atom is -0.506 e. The number of carbonyl (C=O) groups is 3. The lowest BCUT2D eigenvalue weighted by Crippen LogP contribution is -2.52. The first-order chi connectivity index (χ1) is 15.3. The lowest BCUT2D eigenvalue weighted by molar-refractivity contribution is -0.139. The number of aliphatic imine (C=N–C) groups is 1. The molecular formula is C22H29ClN6O4. The standard InChI is InChI=1S/C22H28N6O4.ClH/c23-19(30)17-8-4-12-28(17)21(32)16(7-3-11-26-22(24)25)27-20(31)15-10-9-13-5-1-2-6-14(13)18(15)29;/h1-2,5-6,9-10,16-17,29H,3-4,7-8,11-12H2,(H2,23,30)(H,27,31)(H4,24,25,26);1H. The van der Waals surface area contributed by atoms with Crippen molar-refractivity contribution >= 4 is 46.9 Å². The van der Waals surface area contributed by atoms with E-state index in [1.54, 1.807) is 18.2 Å². The molecule has 1 aliphatic heterocycles. The molecule has 3 amide bonds. The fraction of sp³-hybridized carbons (Fsp3) is 0.364. The van der Waals surface area contributed by atoms with Gasteiger partial charge in [0.15, 0.2) is 5.96 Å². The van der Waals surface area contributed by atoms with Gasteiger partial charge in [-0.15, -0.1) is 12.4 Å². The lowest BCUT2D eigenvalue weighted by Gasteiger charge is -2.28. The van der Waals surface area contributed by atoms with Crippen molar-refractivity contribution in [3.05, 3.63) is 42.0 Å². The van der Waals surface area contributed by atoms with Gasteiger partial charge in [0.25, 0.3) is 5.91 Å². The number of halogens is 1. The maximum absolute atomic E-state index is 13.2. The topological polar surface area (TPSA) is 177 Å². The summed E-state index contributed by atoms with van der Waals surface area (Å²) in [4.78, 5) is 43.3. The summed E-state index contributed by atoms with van der Waals surface area (Å²) in [5.41, 5.74) is 16.2. The van der Waals surface area contributed by atoms with Gasteiger partial charge >= 0.3 is 0 Å². The Balaban J connectivity index is 0.00000385. The van der Waals surface area contributed by atoms with E-state index >= 15 is 0 Å². The Morgan fingerprint density at radius 3 is 2.58 bits per heavy atom. The van der Waals surface area contributed by atoms with Gasteiger partial charge in [0.2, 0.25) is 11.8 Å². The van der Waals surface area contributed by atoms with Crippen molar-refractivity contribution < 1.29 is 19.5 Å². The van der Waals surface area contributed by atoms with Crippen LogP contribution in [-0.4, -0.2) is 58.9 Å². The number of aromatic hydroxyl groups is 1. The molecule has 3 rings (SSSR count). The molecule has 33 heavy (non-hydrogen) atoms. The number of phenolic OH excluding ortho intramolecular Hbond substituents is 1. The monoisotopic (exact) mass is 476 g/mol. The second-order valence-electron chi connectivity index (χ2n) is 7.75. The van der Waals surface area contributed by atoms with E-state index in [2.05, 4.69) is 10.3 Å². The van der Waals surface area contributed by atoms with Crippen LogP contribution in [0, 0.1) is 0 Å². The van der Waals surface area contributed by atoms with Crippen molar-refractivity contribution in [1.82, 2.24) is 10.2 Å². The number of phenols is 1. The van der Waals surface area contributed by atoms with Crippen LogP contribution < -0.4 is 22.5 Å². The van der Waals surface area contributed by atoms with E-state index in [4.69, 9.17) is 17.2 Å². The molecule has 2 atom stereocenters. The molecule has 178 valence electrons. The molecule has 11 heteroatoms. The maximum Gasteiger partial charge on any atom is 0.255 e. The van der Waals surface area contributed by atoms with E-state index in [9.17, 15) is 19.5 Å². The summed E-state index contributed by atoms with van der Waals surface area (Å²) < 4.78 is 0. The summed E-state index contributed by atoms with van der Waals surface area (Å²) in [5, 5.41) is 14.6. The summed E-state index contributed by atoms with van der Waals surface area (Å²) in [7, 11) is 0. The summed E-state index contributed by atoms with van der Waals surface area (Å²) in [6, 6.07) is 8.73. The third-order valence-corrected chi connectivity index (χ3v) is 5.56. The number of guanidine groups is 1. The van der Waals surface area contributed by atoms with Crippen LogP contribution in [-0.2, 0) is 9.59 Å². The number of fused-ring (bicyclic) bond motifs is 1. The van der Waals surface area contributed by atoms with Gasteiger partial charge < -0.3 is 32.5 Å². The average Bonchev–Trinajstić information content (AvgIpc) is 3.26. The summed E-state index contributed by atoms with van der Waals surface area (Å²) >= 11 is 0. The third-order valence-electron chi connectivity index (χ3n) is 5.56. The van der Waals surface area contributed by atoms with Crippen LogP contribution in [0.5, 0.6) is 5.75 Å². The molecule has 0 bridgehead atoms. The Labute approximate surface area is 197 Å². The molecular weight excluding hydrogens is 448 g/mol. The molecule has 0 aromatic heterocycles. The molecule has 0 spiro atoms. The Hall–Kier alpha value is -3.53. The number of amides is 3. The Morgan fingerprint density at radius 2 is 1.88 bits per heavy atom. The van der Waals surface area contributed by atoms with Crippen molar-refractivity contribution in [2.75, 3.05) is 13.1 Å². The highest BCUT2D eigenvalue weighted by Gasteiger charge is 2.36. The number of primary amides is 1. The predicted molar refractivity (Wildman–Crippen MR) is 128 cm³/mol. The van der Waals surface area contributed by atoms with Gasteiger partial charge in [0, 0.05) is 18.5 Å². The SMILES string of the molecule is Cl.NC(=O)C1CCCN1C(=O)C(CCCN=C(N)N)NC(=O)c1ccc2ccccc2c1O. The number of nitrogens with zero attached hydrogens (tertiary/aromatic N) is 2. The molecule has 2 aromatic rings. The predicted octanol–water partition coefficient (Wildman–Crippen LogP) is 0.596. The molecule has 0 radical (unpaired) electrons. The molecule has 8 N–H and O–H groups in total. The normalized spacial score (nSPS) is 16.0. The first-order valence-corrected chi connectivity index (χ1v) is 10.5. The first kappa shape index (κ1) is 25.7. The first-order valence-electron chi connectivity index (χ1n) is 10.5. The molecule has 1 fully saturated rings.